The molecule has 2 aromatic rings. The first-order chi connectivity index (χ1) is 8.81. The predicted octanol–water partition coefficient (Wildman–Crippen LogP) is 5.13. The summed E-state index contributed by atoms with van der Waals surface area (Å²) in [5, 5.41) is 2.06. The number of thiophene rings is 1. The SMILES string of the molecule is ClCCC(=NCc1ccccc1)c1sccc1Br. The Balaban J connectivity index is 2.18. The van der Waals surface area contributed by atoms with Crippen molar-refractivity contribution in [2.75, 3.05) is 5.88 Å². The fourth-order valence-corrected chi connectivity index (χ4v) is 3.44. The lowest BCUT2D eigenvalue weighted by Crippen LogP contribution is -2.01. The van der Waals surface area contributed by atoms with Crippen molar-refractivity contribution in [3.05, 3.63) is 56.7 Å². The van der Waals surface area contributed by atoms with Gasteiger partial charge in [-0.2, -0.15) is 0 Å². The average Bonchev–Trinajstić information content (AvgIpc) is 2.82. The summed E-state index contributed by atoms with van der Waals surface area (Å²) in [6.45, 7) is 0.706. The van der Waals surface area contributed by atoms with Crippen LogP contribution in [0.2, 0.25) is 0 Å². The normalized spacial score (nSPS) is 11.8. The number of hydrogen-bond donors (Lipinski definition) is 0. The molecule has 0 unspecified atom stereocenters. The Kier molecular flexibility index (Phi) is 5.42. The van der Waals surface area contributed by atoms with Crippen LogP contribution in [0.5, 0.6) is 0 Å². The van der Waals surface area contributed by atoms with Crippen LogP contribution in [-0.2, 0) is 6.54 Å². The van der Waals surface area contributed by atoms with E-state index in [9.17, 15) is 0 Å². The fraction of sp³-hybridized carbons (Fsp3) is 0.214. The Morgan fingerprint density at radius 2 is 2.00 bits per heavy atom. The van der Waals surface area contributed by atoms with Crippen molar-refractivity contribution >= 4 is 44.6 Å². The third-order valence-corrected chi connectivity index (χ3v) is 4.58. The van der Waals surface area contributed by atoms with Crippen molar-refractivity contribution in [1.82, 2.24) is 0 Å². The van der Waals surface area contributed by atoms with Crippen molar-refractivity contribution in [1.29, 1.82) is 0 Å². The summed E-state index contributed by atoms with van der Waals surface area (Å²) < 4.78 is 1.10. The van der Waals surface area contributed by atoms with Gasteiger partial charge in [-0.1, -0.05) is 30.3 Å². The van der Waals surface area contributed by atoms with Gasteiger partial charge in [0.1, 0.15) is 0 Å². The molecular weight excluding hydrogens is 330 g/mol. The van der Waals surface area contributed by atoms with E-state index in [4.69, 9.17) is 16.6 Å². The zero-order chi connectivity index (χ0) is 12.8. The average molecular weight is 343 g/mol. The molecule has 0 spiro atoms. The van der Waals surface area contributed by atoms with Crippen LogP contribution < -0.4 is 0 Å². The Hall–Kier alpha value is -0.640. The van der Waals surface area contributed by atoms with E-state index in [1.807, 2.05) is 24.3 Å². The van der Waals surface area contributed by atoms with Crippen LogP contribution in [0.1, 0.15) is 16.9 Å². The third kappa shape index (κ3) is 3.67. The molecule has 0 fully saturated rings. The van der Waals surface area contributed by atoms with Gasteiger partial charge in [0.2, 0.25) is 0 Å². The summed E-state index contributed by atoms with van der Waals surface area (Å²) in [5.41, 5.74) is 2.30. The molecule has 0 aliphatic rings. The van der Waals surface area contributed by atoms with Crippen LogP contribution in [0.25, 0.3) is 0 Å². The van der Waals surface area contributed by atoms with Crippen molar-refractivity contribution in [3.63, 3.8) is 0 Å². The maximum absolute atomic E-state index is 5.86. The van der Waals surface area contributed by atoms with E-state index in [1.165, 1.54) is 10.4 Å². The molecule has 18 heavy (non-hydrogen) atoms. The van der Waals surface area contributed by atoms with E-state index < -0.39 is 0 Å². The van der Waals surface area contributed by atoms with Crippen molar-refractivity contribution < 1.29 is 0 Å². The first-order valence-electron chi connectivity index (χ1n) is 5.68. The number of halogens is 2. The molecule has 1 aromatic heterocycles. The molecular formula is C14H13BrClNS. The summed E-state index contributed by atoms with van der Waals surface area (Å²) in [6.07, 6.45) is 0.799. The van der Waals surface area contributed by atoms with E-state index in [-0.39, 0.29) is 0 Å². The van der Waals surface area contributed by atoms with Crippen LogP contribution in [0.15, 0.2) is 51.2 Å². The molecule has 0 saturated carbocycles. The molecule has 1 heterocycles. The van der Waals surface area contributed by atoms with Gasteiger partial charge in [0.15, 0.2) is 0 Å². The summed E-state index contributed by atoms with van der Waals surface area (Å²) in [6, 6.07) is 12.3. The highest BCUT2D eigenvalue weighted by Crippen LogP contribution is 2.25. The van der Waals surface area contributed by atoms with Gasteiger partial charge in [0.25, 0.3) is 0 Å². The summed E-state index contributed by atoms with van der Waals surface area (Å²) >= 11 is 11.1. The summed E-state index contributed by atoms with van der Waals surface area (Å²) in [4.78, 5) is 5.89. The molecule has 0 amide bonds. The van der Waals surface area contributed by atoms with E-state index in [1.54, 1.807) is 11.3 Å². The summed E-state index contributed by atoms with van der Waals surface area (Å²) in [7, 11) is 0. The number of nitrogens with zero attached hydrogens (tertiary/aromatic N) is 1. The first-order valence-corrected chi connectivity index (χ1v) is 7.88. The van der Waals surface area contributed by atoms with E-state index >= 15 is 0 Å². The molecule has 0 saturated heterocycles. The zero-order valence-electron chi connectivity index (χ0n) is 9.77. The van der Waals surface area contributed by atoms with E-state index in [0.29, 0.717) is 12.4 Å². The molecule has 1 aromatic carbocycles. The minimum absolute atomic E-state index is 0.595. The Bertz CT molecular complexity index is 522. The highest BCUT2D eigenvalue weighted by Gasteiger charge is 2.08. The molecule has 0 radical (unpaired) electrons. The predicted molar refractivity (Wildman–Crippen MR) is 84.0 cm³/mol. The number of aliphatic imine (C=N–C) groups is 1. The quantitative estimate of drug-likeness (QED) is 0.527. The van der Waals surface area contributed by atoms with Gasteiger partial charge < -0.3 is 0 Å². The zero-order valence-corrected chi connectivity index (χ0v) is 12.9. The molecule has 0 aliphatic carbocycles. The number of hydrogen-bond acceptors (Lipinski definition) is 2. The molecule has 0 N–H and O–H groups in total. The van der Waals surface area contributed by atoms with Crippen LogP contribution in [0.3, 0.4) is 0 Å². The van der Waals surface area contributed by atoms with Crippen LogP contribution in [0, 0.1) is 0 Å². The number of benzene rings is 1. The van der Waals surface area contributed by atoms with Gasteiger partial charge in [0, 0.05) is 16.8 Å². The second-order valence-corrected chi connectivity index (χ2v) is 5.93. The molecule has 0 atom stereocenters. The second kappa shape index (κ2) is 7.07. The van der Waals surface area contributed by atoms with Crippen molar-refractivity contribution in [3.8, 4) is 0 Å². The van der Waals surface area contributed by atoms with E-state index in [0.717, 1.165) is 16.6 Å². The monoisotopic (exact) mass is 341 g/mol. The molecule has 4 heteroatoms. The van der Waals surface area contributed by atoms with Crippen molar-refractivity contribution in [2.24, 2.45) is 4.99 Å². The molecule has 2 rings (SSSR count). The first kappa shape index (κ1) is 13.8. The van der Waals surface area contributed by atoms with E-state index in [2.05, 4.69) is 33.4 Å². The standard InChI is InChI=1S/C14H13BrClNS/c15-12-7-9-18-14(12)13(6-8-16)17-10-11-4-2-1-3-5-11/h1-5,7,9H,6,8,10H2. The Morgan fingerprint density at radius 3 is 2.61 bits per heavy atom. The van der Waals surface area contributed by atoms with Crippen LogP contribution in [-0.4, -0.2) is 11.6 Å². The Morgan fingerprint density at radius 1 is 1.22 bits per heavy atom. The molecule has 0 bridgehead atoms. The minimum Gasteiger partial charge on any atom is -0.283 e. The Labute approximate surface area is 125 Å². The van der Waals surface area contributed by atoms with Gasteiger partial charge in [-0.05, 0) is 32.9 Å². The lowest BCUT2D eigenvalue weighted by atomic mass is 10.2. The van der Waals surface area contributed by atoms with Gasteiger partial charge in [-0.25, -0.2) is 0 Å². The highest BCUT2D eigenvalue weighted by molar-refractivity contribution is 9.10. The third-order valence-electron chi connectivity index (χ3n) is 2.51. The van der Waals surface area contributed by atoms with Gasteiger partial charge in [0.05, 0.1) is 17.1 Å². The molecule has 0 aliphatic heterocycles. The number of alkyl halides is 1. The van der Waals surface area contributed by atoms with Gasteiger partial charge in [-0.3, -0.25) is 4.99 Å². The maximum atomic E-state index is 5.86. The smallest absolute Gasteiger partial charge is 0.0643 e. The fourth-order valence-electron chi connectivity index (χ4n) is 1.62. The highest BCUT2D eigenvalue weighted by atomic mass is 79.9. The maximum Gasteiger partial charge on any atom is 0.0643 e. The van der Waals surface area contributed by atoms with Crippen molar-refractivity contribution in [2.45, 2.75) is 13.0 Å². The van der Waals surface area contributed by atoms with Gasteiger partial charge >= 0.3 is 0 Å². The van der Waals surface area contributed by atoms with Crippen LogP contribution in [0.4, 0.5) is 0 Å². The van der Waals surface area contributed by atoms with Crippen LogP contribution >= 0.6 is 38.9 Å². The lowest BCUT2D eigenvalue weighted by molar-refractivity contribution is 1.05. The molecule has 1 nitrogen and oxygen atoms in total. The topological polar surface area (TPSA) is 12.4 Å². The van der Waals surface area contributed by atoms with Gasteiger partial charge in [-0.15, -0.1) is 22.9 Å². The number of rotatable bonds is 5. The minimum atomic E-state index is 0.595. The molecule has 94 valence electrons. The summed E-state index contributed by atoms with van der Waals surface area (Å²) in [5.74, 6) is 0.595. The lowest BCUT2D eigenvalue weighted by Gasteiger charge is -2.04. The largest absolute Gasteiger partial charge is 0.283 e. The second-order valence-electron chi connectivity index (χ2n) is 3.79.